The molecule has 0 aliphatic rings. The Morgan fingerprint density at radius 3 is 1.58 bits per heavy atom. The van der Waals surface area contributed by atoms with Gasteiger partial charge in [-0.25, -0.2) is 4.57 Å². The van der Waals surface area contributed by atoms with Crippen molar-refractivity contribution in [3.63, 3.8) is 0 Å². The topological polar surface area (TPSA) is 29.9 Å². The third-order valence-electron chi connectivity index (χ3n) is 4.47. The lowest BCUT2D eigenvalue weighted by molar-refractivity contribution is -0.697. The minimum absolute atomic E-state index is 0. The number of aryl methyl sites for hydroxylation is 1. The van der Waals surface area contributed by atoms with Gasteiger partial charge in [-0.2, -0.15) is 0 Å². The molecule has 0 amide bonds. The molecule has 24 heavy (non-hydrogen) atoms. The van der Waals surface area contributed by atoms with E-state index in [0.717, 1.165) is 6.54 Å². The van der Waals surface area contributed by atoms with Gasteiger partial charge in [-0.15, -0.1) is 12.4 Å². The van der Waals surface area contributed by atoms with E-state index in [1.165, 1.54) is 82.6 Å². The van der Waals surface area contributed by atoms with Crippen LogP contribution in [0.15, 0.2) is 24.5 Å². The smallest absolute Gasteiger partial charge is 0.169 e. The van der Waals surface area contributed by atoms with Crippen LogP contribution in [0.2, 0.25) is 0 Å². The molecule has 0 aliphatic carbocycles. The number of halogens is 2. The van der Waals surface area contributed by atoms with Gasteiger partial charge in [-0.1, -0.05) is 71.1 Å². The maximum Gasteiger partial charge on any atom is 0.169 e. The van der Waals surface area contributed by atoms with Crippen molar-refractivity contribution in [3.8, 4) is 0 Å². The highest BCUT2D eigenvalue weighted by molar-refractivity contribution is 5.85. The second-order valence-electron chi connectivity index (χ2n) is 6.54. The molecular weight excluding hydrogens is 339 g/mol. The fourth-order valence-electron chi connectivity index (χ4n) is 2.91. The fourth-order valence-corrected chi connectivity index (χ4v) is 2.91. The van der Waals surface area contributed by atoms with E-state index in [9.17, 15) is 0 Å². The van der Waals surface area contributed by atoms with Crippen LogP contribution in [0.25, 0.3) is 0 Å². The van der Waals surface area contributed by atoms with Crippen molar-refractivity contribution < 1.29 is 17.0 Å². The molecule has 0 aliphatic heterocycles. The molecule has 0 aromatic carbocycles. The summed E-state index contributed by atoms with van der Waals surface area (Å²) in [6.07, 6.45) is 21.3. The van der Waals surface area contributed by atoms with Crippen molar-refractivity contribution in [3.05, 3.63) is 30.1 Å². The monoisotopic (exact) mass is 376 g/mol. The van der Waals surface area contributed by atoms with Crippen LogP contribution in [0.5, 0.6) is 0 Å². The van der Waals surface area contributed by atoms with Crippen molar-refractivity contribution in [1.82, 2.24) is 0 Å². The van der Waals surface area contributed by atoms with E-state index < -0.39 is 0 Å². The number of hydrogen-bond acceptors (Lipinski definition) is 1. The lowest BCUT2D eigenvalue weighted by atomic mass is 10.1. The van der Waals surface area contributed by atoms with Gasteiger partial charge in [0, 0.05) is 25.1 Å². The molecule has 0 atom stereocenters. The third-order valence-corrected chi connectivity index (χ3v) is 4.47. The van der Waals surface area contributed by atoms with E-state index >= 15 is 0 Å². The molecule has 2 N–H and O–H groups in total. The number of unbranched alkanes of at least 4 members (excludes halogenated alkanes) is 11. The summed E-state index contributed by atoms with van der Waals surface area (Å²) in [7, 11) is 0. The van der Waals surface area contributed by atoms with E-state index in [0.29, 0.717) is 6.54 Å². The van der Waals surface area contributed by atoms with Crippen LogP contribution in [0.4, 0.5) is 0 Å². The summed E-state index contributed by atoms with van der Waals surface area (Å²) in [6, 6.07) is 4.25. The molecule has 2 nitrogen and oxygen atoms in total. The molecule has 0 bridgehead atoms. The largest absolute Gasteiger partial charge is 1.00 e. The fraction of sp³-hybridized carbons (Fsp3) is 0.750. The summed E-state index contributed by atoms with van der Waals surface area (Å²) in [5.41, 5.74) is 6.82. The summed E-state index contributed by atoms with van der Waals surface area (Å²) < 4.78 is 2.27. The van der Waals surface area contributed by atoms with Crippen molar-refractivity contribution in [2.24, 2.45) is 5.73 Å². The minimum Gasteiger partial charge on any atom is -1.00 e. The Balaban J connectivity index is 0. The Morgan fingerprint density at radius 1 is 0.750 bits per heavy atom. The summed E-state index contributed by atoms with van der Waals surface area (Å²) in [5.74, 6) is 0. The standard InChI is InChI=1S/C20H37N2.2ClH/c1-2-3-4-5-6-7-8-9-10-11-12-13-16-22-17-14-20(19-21)15-18-22;;/h14-15,17-18H,2-13,16,19,21H2,1H3;2*1H/q+1;;/p-1. The number of rotatable bonds is 14. The summed E-state index contributed by atoms with van der Waals surface area (Å²) in [4.78, 5) is 0. The Kier molecular flexibility index (Phi) is 20.5. The number of pyridine rings is 1. The second kappa shape index (κ2) is 19.0. The molecule has 0 radical (unpaired) electrons. The van der Waals surface area contributed by atoms with Gasteiger partial charge >= 0.3 is 0 Å². The van der Waals surface area contributed by atoms with Crippen molar-refractivity contribution in [2.45, 2.75) is 97.1 Å². The third kappa shape index (κ3) is 14.1. The van der Waals surface area contributed by atoms with Crippen LogP contribution >= 0.6 is 12.4 Å². The van der Waals surface area contributed by atoms with Crippen molar-refractivity contribution in [2.75, 3.05) is 0 Å². The van der Waals surface area contributed by atoms with Crippen LogP contribution in [0, 0.1) is 0 Å². The molecule has 0 spiro atoms. The van der Waals surface area contributed by atoms with Crippen LogP contribution in [0.3, 0.4) is 0 Å². The first-order valence-corrected chi connectivity index (χ1v) is 9.55. The maximum absolute atomic E-state index is 5.61. The number of nitrogens with zero attached hydrogens (tertiary/aromatic N) is 1. The van der Waals surface area contributed by atoms with E-state index in [4.69, 9.17) is 5.73 Å². The summed E-state index contributed by atoms with van der Waals surface area (Å²) >= 11 is 0. The molecule has 1 rings (SSSR count). The van der Waals surface area contributed by atoms with Crippen LogP contribution in [-0.4, -0.2) is 0 Å². The molecule has 0 saturated heterocycles. The highest BCUT2D eigenvalue weighted by Gasteiger charge is 2.00. The van der Waals surface area contributed by atoms with Crippen molar-refractivity contribution >= 4 is 12.4 Å². The number of aromatic nitrogens is 1. The highest BCUT2D eigenvalue weighted by Crippen LogP contribution is 2.11. The van der Waals surface area contributed by atoms with Gasteiger partial charge in [-0.05, 0) is 12.0 Å². The van der Waals surface area contributed by atoms with Gasteiger partial charge in [0.25, 0.3) is 0 Å². The molecule has 1 heterocycles. The quantitative estimate of drug-likeness (QED) is 0.392. The molecule has 0 unspecified atom stereocenters. The van der Waals surface area contributed by atoms with Gasteiger partial charge < -0.3 is 18.1 Å². The molecule has 4 heteroatoms. The zero-order chi connectivity index (χ0) is 15.9. The predicted octanol–water partition coefficient (Wildman–Crippen LogP) is 2.56. The average molecular weight is 377 g/mol. The number of hydrogen-bond donors (Lipinski definition) is 1. The molecular formula is C20H38Cl2N2. The van der Waals surface area contributed by atoms with Crippen LogP contribution in [-0.2, 0) is 13.1 Å². The predicted molar refractivity (Wildman–Crippen MR) is 103 cm³/mol. The maximum atomic E-state index is 5.61. The lowest BCUT2D eigenvalue weighted by Gasteiger charge is -2.02. The summed E-state index contributed by atoms with van der Waals surface area (Å²) in [5, 5.41) is 0. The Hall–Kier alpha value is -0.310. The second-order valence-corrected chi connectivity index (χ2v) is 6.54. The first-order chi connectivity index (χ1) is 10.9. The Bertz CT molecular complexity index is 355. The average Bonchev–Trinajstić information content (AvgIpc) is 2.56. The first-order valence-electron chi connectivity index (χ1n) is 9.55. The summed E-state index contributed by atoms with van der Waals surface area (Å²) in [6.45, 7) is 4.06. The highest BCUT2D eigenvalue weighted by atomic mass is 35.5. The lowest BCUT2D eigenvalue weighted by Crippen LogP contribution is -3.00. The molecule has 142 valence electrons. The molecule has 1 aromatic heterocycles. The van der Waals surface area contributed by atoms with E-state index in [-0.39, 0.29) is 24.8 Å². The van der Waals surface area contributed by atoms with Gasteiger partial charge in [0.1, 0.15) is 6.54 Å². The van der Waals surface area contributed by atoms with Gasteiger partial charge in [0.15, 0.2) is 12.4 Å². The molecule has 1 aromatic rings. The SMILES string of the molecule is CCCCCCCCCCCCCC[n+]1ccc(CN)cc1.Cl.[Cl-]. The molecule has 0 fully saturated rings. The van der Waals surface area contributed by atoms with Crippen LogP contribution < -0.4 is 22.7 Å². The van der Waals surface area contributed by atoms with Gasteiger partial charge in [0.2, 0.25) is 0 Å². The Labute approximate surface area is 162 Å². The van der Waals surface area contributed by atoms with E-state index in [2.05, 4.69) is 36.0 Å². The normalized spacial score (nSPS) is 10.1. The number of nitrogens with two attached hydrogens (primary N) is 1. The zero-order valence-electron chi connectivity index (χ0n) is 15.5. The van der Waals surface area contributed by atoms with Gasteiger partial charge in [0.05, 0.1) is 0 Å². The van der Waals surface area contributed by atoms with Crippen LogP contribution in [0.1, 0.15) is 89.5 Å². The first kappa shape index (κ1) is 25.9. The van der Waals surface area contributed by atoms with Gasteiger partial charge in [-0.3, -0.25) is 0 Å². The van der Waals surface area contributed by atoms with E-state index in [1.807, 2.05) is 0 Å². The Morgan fingerprint density at radius 2 is 1.17 bits per heavy atom. The molecule has 0 saturated carbocycles. The minimum atomic E-state index is 0. The van der Waals surface area contributed by atoms with Crippen molar-refractivity contribution in [1.29, 1.82) is 0 Å². The van der Waals surface area contributed by atoms with E-state index in [1.54, 1.807) is 0 Å². The zero-order valence-corrected chi connectivity index (χ0v) is 17.1.